The van der Waals surface area contributed by atoms with E-state index in [9.17, 15) is 14.7 Å². The zero-order chi connectivity index (χ0) is 26.6. The van der Waals surface area contributed by atoms with Gasteiger partial charge in [0, 0.05) is 21.9 Å². The molecule has 3 rings (SSSR count). The van der Waals surface area contributed by atoms with Crippen LogP contribution in [0.3, 0.4) is 0 Å². The van der Waals surface area contributed by atoms with Crippen molar-refractivity contribution < 1.29 is 19.4 Å². The molecule has 4 nitrogen and oxygen atoms in total. The van der Waals surface area contributed by atoms with E-state index in [0.717, 1.165) is 28.4 Å². The number of carbonyl (C=O) groups is 2. The molecule has 0 spiro atoms. The molecule has 5 heteroatoms. The summed E-state index contributed by atoms with van der Waals surface area (Å²) in [5.74, 6) is 1.38. The summed E-state index contributed by atoms with van der Waals surface area (Å²) < 4.78 is 5.67. The number of hydrogen-bond acceptors (Lipinski definition) is 4. The Bertz CT molecular complexity index is 1080. The van der Waals surface area contributed by atoms with E-state index in [-0.39, 0.29) is 11.7 Å². The lowest BCUT2D eigenvalue weighted by Gasteiger charge is -2.40. The van der Waals surface area contributed by atoms with Gasteiger partial charge in [0.05, 0.1) is 12.7 Å². The van der Waals surface area contributed by atoms with Crippen LogP contribution >= 0.6 is 11.8 Å². The standard InChI is InChI=1S/C31H42O4S/c1-19-17-24(18-20(2)29(19)36-16-15-23-11-9-8-10-12-23)26(32)14-13-25-28(35-7)21(3)27(30(33)34)22(4)31(25,5)6/h13-14,17-18,23,25H,8-12,15-16H2,1-7H3,(H,33,34). The number of aryl methyl sites for hydroxylation is 2. The number of carbonyl (C=O) groups excluding carboxylic acids is 1. The quantitative estimate of drug-likeness (QED) is 0.207. The van der Waals surface area contributed by atoms with E-state index in [4.69, 9.17) is 4.74 Å². The number of ketones is 1. The third kappa shape index (κ3) is 5.99. The highest BCUT2D eigenvalue weighted by Gasteiger charge is 2.41. The molecule has 0 amide bonds. The summed E-state index contributed by atoms with van der Waals surface area (Å²) in [6, 6.07) is 4.00. The van der Waals surface area contributed by atoms with Gasteiger partial charge in [-0.2, -0.15) is 0 Å². The van der Waals surface area contributed by atoms with Gasteiger partial charge in [-0.3, -0.25) is 4.79 Å². The Hall–Kier alpha value is -2.27. The summed E-state index contributed by atoms with van der Waals surface area (Å²) in [6.07, 6.45) is 11.7. The Morgan fingerprint density at radius 3 is 2.25 bits per heavy atom. The molecule has 1 aromatic rings. The van der Waals surface area contributed by atoms with Gasteiger partial charge < -0.3 is 9.84 Å². The van der Waals surface area contributed by atoms with Crippen molar-refractivity contribution >= 4 is 23.5 Å². The average molecular weight is 511 g/mol. The molecule has 1 unspecified atom stereocenters. The summed E-state index contributed by atoms with van der Waals surface area (Å²) >= 11 is 1.92. The summed E-state index contributed by atoms with van der Waals surface area (Å²) in [6.45, 7) is 11.8. The first kappa shape index (κ1) is 28.3. The lowest BCUT2D eigenvalue weighted by Crippen LogP contribution is -2.33. The van der Waals surface area contributed by atoms with Gasteiger partial charge in [0.1, 0.15) is 5.76 Å². The molecule has 1 fully saturated rings. The zero-order valence-corrected chi connectivity index (χ0v) is 23.8. The molecule has 0 aliphatic heterocycles. The van der Waals surface area contributed by atoms with E-state index in [1.54, 1.807) is 20.1 Å². The number of rotatable bonds is 9. The average Bonchev–Trinajstić information content (AvgIpc) is 2.82. The number of ether oxygens (including phenoxy) is 1. The monoisotopic (exact) mass is 510 g/mol. The second kappa shape index (κ2) is 11.9. The van der Waals surface area contributed by atoms with Gasteiger partial charge in [-0.05, 0) is 80.5 Å². The SMILES string of the molecule is COC1=C(C)C(C(=O)O)=C(C)C(C)(C)C1C=CC(=O)c1cc(C)c(SCCC2CCCCC2)c(C)c1. The molecule has 1 aromatic carbocycles. The zero-order valence-electron chi connectivity index (χ0n) is 23.0. The van der Waals surface area contributed by atoms with Gasteiger partial charge in [0.15, 0.2) is 5.78 Å². The first-order valence-corrected chi connectivity index (χ1v) is 14.1. The minimum absolute atomic E-state index is 0.0467. The highest BCUT2D eigenvalue weighted by Crippen LogP contribution is 2.48. The number of aliphatic carboxylic acids is 1. The van der Waals surface area contributed by atoms with Gasteiger partial charge in [-0.25, -0.2) is 4.79 Å². The molecule has 1 N–H and O–H groups in total. The minimum Gasteiger partial charge on any atom is -0.500 e. The predicted molar refractivity (Wildman–Crippen MR) is 149 cm³/mol. The molecule has 0 bridgehead atoms. The molecule has 0 radical (unpaired) electrons. The maximum Gasteiger partial charge on any atom is 0.336 e. The van der Waals surface area contributed by atoms with Gasteiger partial charge in [0.25, 0.3) is 0 Å². The molecule has 196 valence electrons. The predicted octanol–water partition coefficient (Wildman–Crippen LogP) is 8.08. The summed E-state index contributed by atoms with van der Waals surface area (Å²) in [5, 5.41) is 9.75. The normalized spacial score (nSPS) is 20.8. The number of hydrogen-bond donors (Lipinski definition) is 1. The third-order valence-electron chi connectivity index (χ3n) is 8.26. The Balaban J connectivity index is 1.77. The second-order valence-corrected chi connectivity index (χ2v) is 12.1. The van der Waals surface area contributed by atoms with Crippen molar-refractivity contribution in [2.45, 2.75) is 85.0 Å². The fourth-order valence-electron chi connectivity index (χ4n) is 5.85. The largest absolute Gasteiger partial charge is 0.500 e. The molecule has 0 aromatic heterocycles. The van der Waals surface area contributed by atoms with Crippen molar-refractivity contribution in [2.24, 2.45) is 17.3 Å². The molecular weight excluding hydrogens is 468 g/mol. The van der Waals surface area contributed by atoms with Crippen LogP contribution in [0.2, 0.25) is 0 Å². The minimum atomic E-state index is -0.950. The van der Waals surface area contributed by atoms with Crippen LogP contribution in [0.4, 0.5) is 0 Å². The van der Waals surface area contributed by atoms with Gasteiger partial charge in [0.2, 0.25) is 0 Å². The summed E-state index contributed by atoms with van der Waals surface area (Å²) in [5.41, 5.74) is 4.19. The summed E-state index contributed by atoms with van der Waals surface area (Å²) in [7, 11) is 1.56. The van der Waals surface area contributed by atoms with Crippen LogP contribution in [0.1, 0.15) is 87.7 Å². The number of benzene rings is 1. The second-order valence-electron chi connectivity index (χ2n) is 11.0. The molecular formula is C31H42O4S. The van der Waals surface area contributed by atoms with Gasteiger partial charge >= 0.3 is 5.97 Å². The smallest absolute Gasteiger partial charge is 0.336 e. The maximum absolute atomic E-state index is 13.2. The van der Waals surface area contributed by atoms with Crippen molar-refractivity contribution in [3.05, 3.63) is 63.5 Å². The van der Waals surface area contributed by atoms with E-state index in [1.807, 2.05) is 50.7 Å². The first-order valence-electron chi connectivity index (χ1n) is 13.1. The third-order valence-corrected chi connectivity index (χ3v) is 9.63. The van der Waals surface area contributed by atoms with E-state index in [1.165, 1.54) is 43.4 Å². The number of allylic oxidation sites excluding steroid dienone is 3. The molecule has 1 saturated carbocycles. The molecule has 2 aliphatic rings. The van der Waals surface area contributed by atoms with E-state index < -0.39 is 11.4 Å². The first-order chi connectivity index (χ1) is 17.0. The number of carboxylic acids is 1. The number of methoxy groups -OCH3 is 1. The van der Waals surface area contributed by atoms with Crippen molar-refractivity contribution in [1.29, 1.82) is 0 Å². The summed E-state index contributed by atoms with van der Waals surface area (Å²) in [4.78, 5) is 26.4. The number of carboxylic acid groups (broad SMARTS) is 1. The Kier molecular flexibility index (Phi) is 9.32. The lowest BCUT2D eigenvalue weighted by molar-refractivity contribution is -0.132. The molecule has 2 aliphatic carbocycles. The van der Waals surface area contributed by atoms with Crippen LogP contribution in [0.15, 0.2) is 51.7 Å². The molecule has 0 saturated heterocycles. The Morgan fingerprint density at radius 2 is 1.69 bits per heavy atom. The van der Waals surface area contributed by atoms with Crippen molar-refractivity contribution in [3.8, 4) is 0 Å². The van der Waals surface area contributed by atoms with Crippen molar-refractivity contribution in [2.75, 3.05) is 12.9 Å². The van der Waals surface area contributed by atoms with E-state index >= 15 is 0 Å². The number of thioether (sulfide) groups is 1. The fraction of sp³-hybridized carbons (Fsp3) is 0.548. The van der Waals surface area contributed by atoms with Crippen LogP contribution in [0, 0.1) is 31.1 Å². The highest BCUT2D eigenvalue weighted by molar-refractivity contribution is 7.99. The Morgan fingerprint density at radius 1 is 1.08 bits per heavy atom. The van der Waals surface area contributed by atoms with Crippen LogP contribution in [-0.4, -0.2) is 29.7 Å². The van der Waals surface area contributed by atoms with Gasteiger partial charge in [-0.1, -0.05) is 57.6 Å². The Labute approximate surface area is 221 Å². The van der Waals surface area contributed by atoms with Crippen LogP contribution in [0.5, 0.6) is 0 Å². The lowest BCUT2D eigenvalue weighted by atomic mass is 9.66. The van der Waals surface area contributed by atoms with Crippen molar-refractivity contribution in [1.82, 2.24) is 0 Å². The van der Waals surface area contributed by atoms with Crippen LogP contribution < -0.4 is 0 Å². The van der Waals surface area contributed by atoms with Crippen molar-refractivity contribution in [3.63, 3.8) is 0 Å². The molecule has 36 heavy (non-hydrogen) atoms. The van der Waals surface area contributed by atoms with E-state index in [2.05, 4.69) is 13.8 Å². The molecule has 0 heterocycles. The maximum atomic E-state index is 13.2. The highest BCUT2D eigenvalue weighted by atomic mass is 32.2. The van der Waals surface area contributed by atoms with E-state index in [0.29, 0.717) is 22.5 Å². The van der Waals surface area contributed by atoms with Crippen LogP contribution in [-0.2, 0) is 9.53 Å². The molecule has 1 atom stereocenters. The fourth-order valence-corrected chi connectivity index (χ4v) is 7.08. The topological polar surface area (TPSA) is 63.6 Å². The van der Waals surface area contributed by atoms with Gasteiger partial charge in [-0.15, -0.1) is 11.8 Å². The van der Waals surface area contributed by atoms with Crippen LogP contribution in [0.25, 0.3) is 0 Å².